The molecule has 0 bridgehead atoms. The molecule has 1 aromatic heterocycles. The predicted octanol–water partition coefficient (Wildman–Crippen LogP) is 1.78. The molecule has 2 unspecified atom stereocenters. The number of rotatable bonds is 6. The van der Waals surface area contributed by atoms with E-state index in [-0.39, 0.29) is 23.1 Å². The average molecular weight is 352 g/mol. The van der Waals surface area contributed by atoms with Gasteiger partial charge in [-0.05, 0) is 24.4 Å². The number of hydrogen-bond acceptors (Lipinski definition) is 8. The van der Waals surface area contributed by atoms with Crippen LogP contribution in [0.15, 0.2) is 21.3 Å². The number of methoxy groups -OCH3 is 3. The second kappa shape index (κ2) is 7.54. The fourth-order valence-corrected chi connectivity index (χ4v) is 2.73. The van der Waals surface area contributed by atoms with Crippen LogP contribution < -0.4 is 5.63 Å². The number of carbonyl (C=O) groups excluding carboxylic acids is 1. The topological polar surface area (TPSA) is 115 Å². The molecule has 2 atom stereocenters. The Bertz CT molecular complexity index is 839. The summed E-state index contributed by atoms with van der Waals surface area (Å²) in [5.74, 6) is -1.02. The van der Waals surface area contributed by atoms with Crippen LogP contribution in [0.5, 0.6) is 11.5 Å². The van der Waals surface area contributed by atoms with Crippen molar-refractivity contribution in [2.75, 3.05) is 21.3 Å². The molecule has 8 nitrogen and oxygen atoms in total. The van der Waals surface area contributed by atoms with Crippen molar-refractivity contribution in [1.82, 2.24) is 0 Å². The minimum Gasteiger partial charge on any atom is -0.507 e. The van der Waals surface area contributed by atoms with E-state index in [0.717, 1.165) is 0 Å². The summed E-state index contributed by atoms with van der Waals surface area (Å²) in [7, 11) is 3.88. The molecule has 2 rings (SSSR count). The Kier molecular flexibility index (Phi) is 5.66. The molecule has 8 heteroatoms. The molecule has 0 aliphatic rings. The third-order valence-corrected chi connectivity index (χ3v) is 3.95. The first-order chi connectivity index (χ1) is 11.8. The number of benzene rings is 1. The Morgan fingerprint density at radius 2 is 1.88 bits per heavy atom. The normalized spacial score (nSPS) is 13.6. The molecule has 136 valence electrons. The van der Waals surface area contributed by atoms with Crippen LogP contribution in [0.25, 0.3) is 10.8 Å². The summed E-state index contributed by atoms with van der Waals surface area (Å²) in [4.78, 5) is 23.8. The van der Waals surface area contributed by atoms with Gasteiger partial charge in [-0.25, -0.2) is 9.59 Å². The lowest BCUT2D eigenvalue weighted by Crippen LogP contribution is -2.27. The summed E-state index contributed by atoms with van der Waals surface area (Å²) < 4.78 is 20.0. The monoisotopic (exact) mass is 352 g/mol. The van der Waals surface area contributed by atoms with Crippen LogP contribution in [0.4, 0.5) is 0 Å². The average Bonchev–Trinajstić information content (AvgIpc) is 2.55. The fraction of sp³-hybridized carbons (Fsp3) is 0.412. The van der Waals surface area contributed by atoms with Gasteiger partial charge in [-0.15, -0.1) is 0 Å². The molecule has 0 aliphatic heterocycles. The van der Waals surface area contributed by atoms with Crippen LogP contribution in [0.2, 0.25) is 0 Å². The van der Waals surface area contributed by atoms with Gasteiger partial charge in [-0.1, -0.05) is 0 Å². The van der Waals surface area contributed by atoms with E-state index in [1.165, 1.54) is 33.5 Å². The molecule has 25 heavy (non-hydrogen) atoms. The van der Waals surface area contributed by atoms with E-state index < -0.39 is 29.6 Å². The van der Waals surface area contributed by atoms with Crippen molar-refractivity contribution in [3.8, 4) is 11.5 Å². The molecule has 1 aromatic carbocycles. The summed E-state index contributed by atoms with van der Waals surface area (Å²) in [6.07, 6.45) is -1.93. The van der Waals surface area contributed by atoms with E-state index in [1.807, 2.05) is 0 Å². The van der Waals surface area contributed by atoms with Crippen molar-refractivity contribution in [3.63, 3.8) is 0 Å². The van der Waals surface area contributed by atoms with E-state index in [4.69, 9.17) is 13.9 Å². The van der Waals surface area contributed by atoms with Gasteiger partial charge in [0, 0.05) is 20.6 Å². The van der Waals surface area contributed by atoms with Crippen molar-refractivity contribution in [3.05, 3.63) is 33.9 Å². The van der Waals surface area contributed by atoms with Gasteiger partial charge in [0.2, 0.25) is 0 Å². The van der Waals surface area contributed by atoms with Crippen LogP contribution in [-0.2, 0) is 19.0 Å². The maximum atomic E-state index is 12.1. The number of phenolic OH excluding ortho intramolecular Hbond substituents is 2. The first-order valence-corrected chi connectivity index (χ1v) is 7.46. The van der Waals surface area contributed by atoms with Crippen LogP contribution >= 0.6 is 0 Å². The fourth-order valence-electron chi connectivity index (χ4n) is 2.73. The van der Waals surface area contributed by atoms with Crippen LogP contribution in [0.3, 0.4) is 0 Å². The minimum absolute atomic E-state index is 0.0305. The van der Waals surface area contributed by atoms with Gasteiger partial charge in [-0.3, -0.25) is 0 Å². The van der Waals surface area contributed by atoms with Gasteiger partial charge in [0.25, 0.3) is 0 Å². The van der Waals surface area contributed by atoms with E-state index in [1.54, 1.807) is 6.92 Å². The number of fused-ring (bicyclic) bond motifs is 1. The third kappa shape index (κ3) is 3.59. The maximum absolute atomic E-state index is 12.1. The largest absolute Gasteiger partial charge is 0.507 e. The van der Waals surface area contributed by atoms with Gasteiger partial charge < -0.3 is 28.8 Å². The SMILES string of the molecule is COC(=O)C(CC(OC)c1c(O)cc2cc(C)oc(=O)c2c1O)OC. The molecule has 0 saturated heterocycles. The van der Waals surface area contributed by atoms with E-state index in [9.17, 15) is 19.8 Å². The van der Waals surface area contributed by atoms with E-state index in [2.05, 4.69) is 4.74 Å². The molecule has 2 N–H and O–H groups in total. The molecule has 0 amide bonds. The zero-order valence-electron chi connectivity index (χ0n) is 14.4. The zero-order chi connectivity index (χ0) is 18.7. The molecule has 2 aromatic rings. The van der Waals surface area contributed by atoms with E-state index in [0.29, 0.717) is 11.1 Å². The molecule has 1 heterocycles. The molecular formula is C17H20O8. The Balaban J connectivity index is 2.58. The van der Waals surface area contributed by atoms with Crippen molar-refractivity contribution >= 4 is 16.7 Å². The highest BCUT2D eigenvalue weighted by atomic mass is 16.6. The molecule has 0 aliphatic carbocycles. The summed E-state index contributed by atoms with van der Waals surface area (Å²) in [5.41, 5.74) is -0.767. The van der Waals surface area contributed by atoms with Gasteiger partial charge >= 0.3 is 11.6 Å². The molecule has 0 fully saturated rings. The second-order valence-electron chi connectivity index (χ2n) is 5.47. The Labute approximate surface area is 143 Å². The highest BCUT2D eigenvalue weighted by Gasteiger charge is 2.29. The van der Waals surface area contributed by atoms with Gasteiger partial charge in [-0.2, -0.15) is 0 Å². The third-order valence-electron chi connectivity index (χ3n) is 3.95. The number of ether oxygens (including phenoxy) is 3. The van der Waals surface area contributed by atoms with Crippen LogP contribution in [0, 0.1) is 6.92 Å². The lowest BCUT2D eigenvalue weighted by atomic mass is 9.97. The van der Waals surface area contributed by atoms with Gasteiger partial charge in [0.05, 0.1) is 18.8 Å². The highest BCUT2D eigenvalue weighted by molar-refractivity contribution is 5.90. The van der Waals surface area contributed by atoms with Gasteiger partial charge in [0.1, 0.15) is 22.6 Å². The predicted molar refractivity (Wildman–Crippen MR) is 87.7 cm³/mol. The zero-order valence-corrected chi connectivity index (χ0v) is 14.4. The molecular weight excluding hydrogens is 332 g/mol. The van der Waals surface area contributed by atoms with Gasteiger partial charge in [0.15, 0.2) is 6.10 Å². The first kappa shape index (κ1) is 18.8. The summed E-state index contributed by atoms with van der Waals surface area (Å²) in [6.45, 7) is 1.58. The lowest BCUT2D eigenvalue weighted by Gasteiger charge is -2.22. The summed E-state index contributed by atoms with van der Waals surface area (Å²) in [6, 6.07) is 2.86. The Morgan fingerprint density at radius 1 is 1.20 bits per heavy atom. The first-order valence-electron chi connectivity index (χ1n) is 7.46. The number of aromatic hydroxyl groups is 2. The second-order valence-corrected chi connectivity index (χ2v) is 5.47. The number of esters is 1. The molecule has 0 spiro atoms. The molecule has 0 radical (unpaired) electrons. The van der Waals surface area contributed by atoms with Crippen molar-refractivity contribution in [2.45, 2.75) is 25.6 Å². The van der Waals surface area contributed by atoms with Crippen molar-refractivity contribution in [2.24, 2.45) is 0 Å². The number of hydrogen-bond donors (Lipinski definition) is 2. The van der Waals surface area contributed by atoms with Crippen molar-refractivity contribution in [1.29, 1.82) is 0 Å². The smallest absolute Gasteiger partial charge is 0.347 e. The standard InChI is InChI=1S/C17H20O8/c1-8-5-9-6-10(18)14(15(19)13(9)17(21)25-8)11(22-2)7-12(23-3)16(20)24-4/h5-6,11-12,18-19H,7H2,1-4H3. The van der Waals surface area contributed by atoms with E-state index >= 15 is 0 Å². The quantitative estimate of drug-likeness (QED) is 0.756. The number of carbonyl (C=O) groups is 1. The molecule has 0 saturated carbocycles. The van der Waals surface area contributed by atoms with Crippen molar-refractivity contribution < 1.29 is 33.6 Å². The van der Waals surface area contributed by atoms with Crippen LogP contribution in [-0.4, -0.2) is 43.6 Å². The summed E-state index contributed by atoms with van der Waals surface area (Å²) >= 11 is 0. The Morgan fingerprint density at radius 3 is 2.44 bits per heavy atom. The summed E-state index contributed by atoms with van der Waals surface area (Å²) in [5, 5.41) is 21.1. The lowest BCUT2D eigenvalue weighted by molar-refractivity contribution is -0.154. The maximum Gasteiger partial charge on any atom is 0.347 e. The number of phenols is 2. The minimum atomic E-state index is -0.973. The Hall–Kier alpha value is -2.58. The highest BCUT2D eigenvalue weighted by Crippen LogP contribution is 2.41. The number of aryl methyl sites for hydroxylation is 1. The van der Waals surface area contributed by atoms with Crippen LogP contribution in [0.1, 0.15) is 23.8 Å².